The molecule has 1 aliphatic rings. The molecule has 132 valence electrons. The summed E-state index contributed by atoms with van der Waals surface area (Å²) in [6.45, 7) is 9.51. The predicted molar refractivity (Wildman–Crippen MR) is 103 cm³/mol. The Morgan fingerprint density at radius 3 is 2.50 bits per heavy atom. The smallest absolute Gasteiger partial charge is 0.191 e. The molecular formula is C16H34IN3O2. The van der Waals surface area contributed by atoms with Gasteiger partial charge >= 0.3 is 0 Å². The molecule has 0 spiro atoms. The van der Waals surface area contributed by atoms with E-state index in [9.17, 15) is 5.11 Å². The summed E-state index contributed by atoms with van der Waals surface area (Å²) in [5, 5.41) is 16.3. The average molecular weight is 427 g/mol. The van der Waals surface area contributed by atoms with Crippen LogP contribution in [0.15, 0.2) is 4.99 Å². The van der Waals surface area contributed by atoms with Crippen LogP contribution < -0.4 is 10.6 Å². The zero-order valence-electron chi connectivity index (χ0n) is 14.3. The lowest BCUT2D eigenvalue weighted by Gasteiger charge is -2.27. The first-order chi connectivity index (χ1) is 10.1. The van der Waals surface area contributed by atoms with Crippen LogP contribution in [0.1, 0.15) is 52.9 Å². The molecule has 0 bridgehead atoms. The third-order valence-corrected chi connectivity index (χ3v) is 3.73. The van der Waals surface area contributed by atoms with E-state index in [0.717, 1.165) is 51.2 Å². The van der Waals surface area contributed by atoms with Crippen molar-refractivity contribution in [3.8, 4) is 0 Å². The van der Waals surface area contributed by atoms with E-state index in [0.29, 0.717) is 25.1 Å². The highest BCUT2D eigenvalue weighted by molar-refractivity contribution is 14.0. The maximum atomic E-state index is 9.54. The van der Waals surface area contributed by atoms with Gasteiger partial charge in [-0.1, -0.05) is 13.8 Å². The van der Waals surface area contributed by atoms with Crippen molar-refractivity contribution in [2.24, 2.45) is 10.9 Å². The van der Waals surface area contributed by atoms with Crippen LogP contribution in [0.25, 0.3) is 0 Å². The fourth-order valence-electron chi connectivity index (χ4n) is 2.38. The second-order valence-electron chi connectivity index (χ2n) is 6.21. The quantitative estimate of drug-likeness (QED) is 0.241. The highest BCUT2D eigenvalue weighted by atomic mass is 127. The zero-order chi connectivity index (χ0) is 15.5. The summed E-state index contributed by atoms with van der Waals surface area (Å²) in [6.07, 6.45) is 4.78. The number of nitrogens with zero attached hydrogens (tertiary/aromatic N) is 1. The Balaban J connectivity index is 0.00000441. The number of halogens is 1. The molecule has 0 amide bonds. The van der Waals surface area contributed by atoms with Crippen molar-refractivity contribution < 1.29 is 9.84 Å². The van der Waals surface area contributed by atoms with Gasteiger partial charge in [0.25, 0.3) is 0 Å². The number of ether oxygens (including phenoxy) is 1. The number of rotatable bonds is 8. The van der Waals surface area contributed by atoms with Crippen LogP contribution in [0.5, 0.6) is 0 Å². The van der Waals surface area contributed by atoms with Gasteiger partial charge < -0.3 is 20.5 Å². The van der Waals surface area contributed by atoms with Gasteiger partial charge in [-0.15, -0.1) is 24.0 Å². The summed E-state index contributed by atoms with van der Waals surface area (Å²) in [7, 11) is 0. The van der Waals surface area contributed by atoms with E-state index in [-0.39, 0.29) is 30.1 Å². The normalized spacial score (nSPS) is 22.3. The molecule has 5 nitrogen and oxygen atoms in total. The Kier molecular flexibility index (Phi) is 13.3. The molecule has 0 radical (unpaired) electrons. The first kappa shape index (κ1) is 21.9. The maximum Gasteiger partial charge on any atom is 0.191 e. The molecule has 1 saturated carbocycles. The molecular weight excluding hydrogens is 393 g/mol. The van der Waals surface area contributed by atoms with E-state index >= 15 is 0 Å². The molecule has 0 aliphatic heterocycles. The van der Waals surface area contributed by atoms with E-state index in [1.807, 2.05) is 0 Å². The van der Waals surface area contributed by atoms with E-state index in [1.54, 1.807) is 0 Å². The van der Waals surface area contributed by atoms with Crippen LogP contribution in [0.2, 0.25) is 0 Å². The Labute approximate surface area is 152 Å². The van der Waals surface area contributed by atoms with Crippen LogP contribution in [0.4, 0.5) is 0 Å². The van der Waals surface area contributed by atoms with Crippen molar-refractivity contribution in [2.45, 2.75) is 65.0 Å². The number of aliphatic hydroxyl groups is 1. The van der Waals surface area contributed by atoms with Crippen molar-refractivity contribution in [3.05, 3.63) is 0 Å². The molecule has 22 heavy (non-hydrogen) atoms. The molecule has 0 atom stereocenters. The monoisotopic (exact) mass is 427 g/mol. The molecule has 0 heterocycles. The minimum Gasteiger partial charge on any atom is -0.393 e. The van der Waals surface area contributed by atoms with Crippen molar-refractivity contribution in [1.29, 1.82) is 0 Å². The van der Waals surface area contributed by atoms with E-state index in [2.05, 4.69) is 36.4 Å². The van der Waals surface area contributed by atoms with Gasteiger partial charge in [-0.05, 0) is 44.9 Å². The van der Waals surface area contributed by atoms with Gasteiger partial charge in [0.2, 0.25) is 0 Å². The second-order valence-corrected chi connectivity index (χ2v) is 6.21. The fraction of sp³-hybridized carbons (Fsp3) is 0.938. The summed E-state index contributed by atoms with van der Waals surface area (Å²) in [5.74, 6) is 1.56. The van der Waals surface area contributed by atoms with Gasteiger partial charge in [-0.3, -0.25) is 4.99 Å². The van der Waals surface area contributed by atoms with Crippen molar-refractivity contribution in [2.75, 3.05) is 26.3 Å². The fourth-order valence-corrected chi connectivity index (χ4v) is 2.38. The van der Waals surface area contributed by atoms with E-state index in [1.165, 1.54) is 0 Å². The molecule has 0 unspecified atom stereocenters. The number of aliphatic hydroxyl groups excluding tert-OH is 1. The molecule has 1 aliphatic carbocycles. The van der Waals surface area contributed by atoms with Crippen LogP contribution in [-0.2, 0) is 4.74 Å². The average Bonchev–Trinajstić information content (AvgIpc) is 2.45. The Morgan fingerprint density at radius 1 is 1.23 bits per heavy atom. The standard InChI is InChI=1S/C16H33N3O2.HI/c1-4-17-16(18-10-12-21-11-9-13(2)3)19-14-5-7-15(20)8-6-14;/h13-15,20H,4-12H2,1-3H3,(H2,17,18,19);1H. The topological polar surface area (TPSA) is 65.9 Å². The third-order valence-electron chi connectivity index (χ3n) is 3.73. The molecule has 3 N–H and O–H groups in total. The van der Waals surface area contributed by atoms with Gasteiger partial charge in [-0.2, -0.15) is 0 Å². The minimum atomic E-state index is -0.114. The molecule has 1 fully saturated rings. The van der Waals surface area contributed by atoms with E-state index in [4.69, 9.17) is 4.74 Å². The van der Waals surface area contributed by atoms with Crippen LogP contribution >= 0.6 is 24.0 Å². The van der Waals surface area contributed by atoms with Gasteiger partial charge in [0.1, 0.15) is 0 Å². The lowest BCUT2D eigenvalue weighted by atomic mass is 9.93. The van der Waals surface area contributed by atoms with Crippen LogP contribution in [-0.4, -0.2) is 49.5 Å². The predicted octanol–water partition coefficient (Wildman–Crippen LogP) is 2.53. The van der Waals surface area contributed by atoms with Crippen molar-refractivity contribution in [3.63, 3.8) is 0 Å². The maximum absolute atomic E-state index is 9.54. The lowest BCUT2D eigenvalue weighted by molar-refractivity contribution is 0.120. The first-order valence-corrected chi connectivity index (χ1v) is 8.42. The highest BCUT2D eigenvalue weighted by Crippen LogP contribution is 2.18. The summed E-state index contributed by atoms with van der Waals surface area (Å²) >= 11 is 0. The number of hydrogen-bond acceptors (Lipinski definition) is 3. The SMILES string of the molecule is CCNC(=NCCOCCC(C)C)NC1CCC(O)CC1.I. The van der Waals surface area contributed by atoms with E-state index < -0.39 is 0 Å². The Bertz CT molecular complexity index is 293. The van der Waals surface area contributed by atoms with Crippen molar-refractivity contribution in [1.82, 2.24) is 10.6 Å². The Hall–Kier alpha value is -0.0800. The zero-order valence-corrected chi connectivity index (χ0v) is 16.6. The first-order valence-electron chi connectivity index (χ1n) is 8.42. The largest absolute Gasteiger partial charge is 0.393 e. The lowest BCUT2D eigenvalue weighted by Crippen LogP contribution is -2.45. The highest BCUT2D eigenvalue weighted by Gasteiger charge is 2.19. The van der Waals surface area contributed by atoms with Crippen LogP contribution in [0.3, 0.4) is 0 Å². The molecule has 0 aromatic rings. The molecule has 6 heteroatoms. The molecule has 0 aromatic carbocycles. The van der Waals surface area contributed by atoms with Gasteiger partial charge in [0, 0.05) is 19.2 Å². The van der Waals surface area contributed by atoms with Crippen molar-refractivity contribution >= 4 is 29.9 Å². The summed E-state index contributed by atoms with van der Waals surface area (Å²) in [5.41, 5.74) is 0. The molecule has 0 saturated heterocycles. The number of aliphatic imine (C=N–C) groups is 1. The Morgan fingerprint density at radius 2 is 1.91 bits per heavy atom. The minimum absolute atomic E-state index is 0. The van der Waals surface area contributed by atoms with Crippen LogP contribution in [0, 0.1) is 5.92 Å². The third kappa shape index (κ3) is 10.6. The molecule has 1 rings (SSSR count). The second kappa shape index (κ2) is 13.4. The van der Waals surface area contributed by atoms with Gasteiger partial charge in [0.15, 0.2) is 5.96 Å². The number of hydrogen-bond donors (Lipinski definition) is 3. The van der Waals surface area contributed by atoms with Gasteiger partial charge in [0.05, 0.1) is 19.3 Å². The summed E-state index contributed by atoms with van der Waals surface area (Å²) in [4.78, 5) is 4.55. The number of guanidine groups is 1. The number of nitrogens with one attached hydrogen (secondary N) is 2. The van der Waals surface area contributed by atoms with Gasteiger partial charge in [-0.25, -0.2) is 0 Å². The summed E-state index contributed by atoms with van der Waals surface area (Å²) < 4.78 is 5.58. The summed E-state index contributed by atoms with van der Waals surface area (Å²) in [6, 6.07) is 0.424. The molecule has 0 aromatic heterocycles.